The molecule has 0 unspecified atom stereocenters. The van der Waals surface area contributed by atoms with Crippen LogP contribution in [0, 0.1) is 0 Å². The Labute approximate surface area is 163 Å². The van der Waals surface area contributed by atoms with Gasteiger partial charge >= 0.3 is 6.03 Å². The summed E-state index contributed by atoms with van der Waals surface area (Å²) in [5.41, 5.74) is 1.64. The van der Waals surface area contributed by atoms with Crippen molar-refractivity contribution in [2.24, 2.45) is 14.1 Å². The highest BCUT2D eigenvalue weighted by Gasteiger charge is 2.24. The Morgan fingerprint density at radius 1 is 1.11 bits per heavy atom. The normalized spacial score (nSPS) is 13.2. The van der Waals surface area contributed by atoms with Crippen LogP contribution >= 0.6 is 0 Å². The number of carbonyl (C=O) groups excluding carboxylic acids is 1. The molecule has 0 atom stereocenters. The first-order chi connectivity index (χ1) is 13.5. The Balaban J connectivity index is 1.55. The van der Waals surface area contributed by atoms with E-state index in [1.165, 1.54) is 0 Å². The fourth-order valence-corrected chi connectivity index (χ4v) is 3.28. The number of hydrogen-bond donors (Lipinski definition) is 2. The van der Waals surface area contributed by atoms with Gasteiger partial charge in [-0.05, 0) is 18.2 Å². The molecule has 4 rings (SSSR count). The topological polar surface area (TPSA) is 89.2 Å². The molecule has 2 N–H and O–H groups in total. The van der Waals surface area contributed by atoms with Gasteiger partial charge in [0.1, 0.15) is 30.0 Å². The zero-order valence-electron chi connectivity index (χ0n) is 16.1. The van der Waals surface area contributed by atoms with Crippen molar-refractivity contribution in [2.45, 2.75) is 6.04 Å². The van der Waals surface area contributed by atoms with Crippen LogP contribution < -0.4 is 20.3 Å². The van der Waals surface area contributed by atoms with Crippen LogP contribution in [0.4, 0.5) is 16.2 Å². The number of urea groups is 1. The lowest BCUT2D eigenvalue weighted by Crippen LogP contribution is -2.36. The monoisotopic (exact) mass is 381 g/mol. The molecule has 0 saturated heterocycles. The van der Waals surface area contributed by atoms with Gasteiger partial charge in [0.2, 0.25) is 0 Å². The molecule has 0 radical (unpaired) electrons. The molecule has 0 spiro atoms. The minimum absolute atomic E-state index is 0.338. The maximum Gasteiger partial charge on any atom is 0.320 e. The molecule has 9 nitrogen and oxygen atoms in total. The Bertz CT molecular complexity index is 954. The number of benzene rings is 1. The number of carbonyl (C=O) groups is 1. The average Bonchev–Trinajstić information content (AvgIpc) is 3.29. The quantitative estimate of drug-likeness (QED) is 0.720. The van der Waals surface area contributed by atoms with Crippen molar-refractivity contribution in [3.8, 4) is 5.75 Å². The zero-order valence-corrected chi connectivity index (χ0v) is 16.1. The van der Waals surface area contributed by atoms with E-state index in [0.717, 1.165) is 18.0 Å². The fourth-order valence-electron chi connectivity index (χ4n) is 3.28. The largest absolute Gasteiger partial charge is 0.490 e. The maximum absolute atomic E-state index is 12.7. The van der Waals surface area contributed by atoms with E-state index in [4.69, 9.17) is 4.74 Å². The van der Waals surface area contributed by atoms with Crippen LogP contribution in [0.2, 0.25) is 0 Å². The molecule has 0 fully saturated rings. The van der Waals surface area contributed by atoms with Gasteiger partial charge in [0.05, 0.1) is 12.2 Å². The summed E-state index contributed by atoms with van der Waals surface area (Å²) < 4.78 is 9.38. The highest BCUT2D eigenvalue weighted by Crippen LogP contribution is 2.33. The molecular formula is C19H23N7O2. The van der Waals surface area contributed by atoms with E-state index in [1.54, 1.807) is 12.4 Å². The van der Waals surface area contributed by atoms with Crippen LogP contribution in [0.1, 0.15) is 17.7 Å². The van der Waals surface area contributed by atoms with Crippen molar-refractivity contribution in [1.82, 2.24) is 24.4 Å². The fraction of sp³-hybridized carbons (Fsp3) is 0.316. The van der Waals surface area contributed by atoms with Crippen molar-refractivity contribution < 1.29 is 9.53 Å². The van der Waals surface area contributed by atoms with Crippen LogP contribution in [0.25, 0.3) is 0 Å². The summed E-state index contributed by atoms with van der Waals surface area (Å²) in [7, 11) is 5.78. The highest BCUT2D eigenvalue weighted by molar-refractivity contribution is 5.90. The number of ether oxygens (including phenoxy) is 1. The van der Waals surface area contributed by atoms with Gasteiger partial charge in [-0.25, -0.2) is 14.8 Å². The molecule has 0 bridgehead atoms. The van der Waals surface area contributed by atoms with Crippen molar-refractivity contribution in [3.63, 3.8) is 0 Å². The van der Waals surface area contributed by atoms with Crippen LogP contribution in [0.15, 0.2) is 43.0 Å². The number of nitrogens with one attached hydrogen (secondary N) is 2. The second-order valence-corrected chi connectivity index (χ2v) is 6.78. The predicted octanol–water partition coefficient (Wildman–Crippen LogP) is 1.89. The van der Waals surface area contributed by atoms with E-state index in [1.807, 2.05) is 60.9 Å². The van der Waals surface area contributed by atoms with E-state index in [9.17, 15) is 4.79 Å². The van der Waals surface area contributed by atoms with Gasteiger partial charge in [0.25, 0.3) is 0 Å². The second kappa shape index (κ2) is 7.26. The van der Waals surface area contributed by atoms with E-state index in [0.29, 0.717) is 23.9 Å². The van der Waals surface area contributed by atoms with E-state index < -0.39 is 6.04 Å². The van der Waals surface area contributed by atoms with E-state index in [-0.39, 0.29) is 6.03 Å². The number of aryl methyl sites for hydroxylation is 2. The molecule has 0 aliphatic carbocycles. The Morgan fingerprint density at radius 2 is 1.79 bits per heavy atom. The number of imidazole rings is 2. The molecule has 3 heterocycles. The smallest absolute Gasteiger partial charge is 0.320 e. The molecule has 9 heteroatoms. The SMILES string of the molecule is CN1CCOc2ccc(NC(=O)NC(c3nccn3C)c3nccn3C)cc21. The van der Waals surface area contributed by atoms with Gasteiger partial charge in [-0.1, -0.05) is 0 Å². The van der Waals surface area contributed by atoms with Gasteiger partial charge in [-0.15, -0.1) is 0 Å². The van der Waals surface area contributed by atoms with Gasteiger partial charge in [0, 0.05) is 51.6 Å². The summed E-state index contributed by atoms with van der Waals surface area (Å²) in [6, 6.07) is 4.79. The molecule has 1 aliphatic heterocycles. The standard InChI is InChI=1S/C19H23N7O2/c1-24-10-11-28-15-5-4-13(12-14(15)24)22-19(27)23-16(17-20-6-8-25(17)2)18-21-7-9-26(18)3/h4-9,12,16H,10-11H2,1-3H3,(H2,22,23,27). The third-order valence-electron chi connectivity index (χ3n) is 4.82. The predicted molar refractivity (Wildman–Crippen MR) is 106 cm³/mol. The number of fused-ring (bicyclic) bond motifs is 1. The molecule has 1 aliphatic rings. The van der Waals surface area contributed by atoms with Gasteiger partial charge in [-0.2, -0.15) is 0 Å². The number of aromatic nitrogens is 4. The molecule has 28 heavy (non-hydrogen) atoms. The van der Waals surface area contributed by atoms with E-state index in [2.05, 4.69) is 25.5 Å². The van der Waals surface area contributed by atoms with Gasteiger partial charge < -0.3 is 29.4 Å². The number of rotatable bonds is 4. The summed E-state index contributed by atoms with van der Waals surface area (Å²) >= 11 is 0. The molecule has 2 amide bonds. The Hall–Kier alpha value is -3.49. The van der Waals surface area contributed by atoms with Crippen LogP contribution in [-0.2, 0) is 14.1 Å². The minimum Gasteiger partial charge on any atom is -0.490 e. The van der Waals surface area contributed by atoms with Crippen LogP contribution in [-0.4, -0.2) is 45.3 Å². The molecule has 2 aromatic heterocycles. The molecule has 0 saturated carbocycles. The number of nitrogens with zero attached hydrogens (tertiary/aromatic N) is 5. The lowest BCUT2D eigenvalue weighted by molar-refractivity contribution is 0.249. The molecular weight excluding hydrogens is 358 g/mol. The second-order valence-electron chi connectivity index (χ2n) is 6.78. The zero-order chi connectivity index (χ0) is 19.7. The highest BCUT2D eigenvalue weighted by atomic mass is 16.5. The molecule has 146 valence electrons. The molecule has 3 aromatic rings. The van der Waals surface area contributed by atoms with Crippen molar-refractivity contribution in [2.75, 3.05) is 30.4 Å². The first-order valence-electron chi connectivity index (χ1n) is 9.03. The molecule has 1 aromatic carbocycles. The minimum atomic E-state index is -0.483. The summed E-state index contributed by atoms with van der Waals surface area (Å²) in [5.74, 6) is 2.21. The van der Waals surface area contributed by atoms with Crippen molar-refractivity contribution in [3.05, 3.63) is 54.6 Å². The average molecular weight is 381 g/mol. The summed E-state index contributed by atoms with van der Waals surface area (Å²) in [6.07, 6.45) is 7.07. The number of amides is 2. The van der Waals surface area contributed by atoms with Crippen LogP contribution in [0.5, 0.6) is 5.75 Å². The third-order valence-corrected chi connectivity index (χ3v) is 4.82. The third kappa shape index (κ3) is 3.38. The van der Waals surface area contributed by atoms with Crippen molar-refractivity contribution >= 4 is 17.4 Å². The maximum atomic E-state index is 12.7. The van der Waals surface area contributed by atoms with E-state index >= 15 is 0 Å². The number of hydrogen-bond acceptors (Lipinski definition) is 5. The first-order valence-corrected chi connectivity index (χ1v) is 9.03. The number of likely N-dealkylation sites (N-methyl/N-ethyl adjacent to an activating group) is 1. The van der Waals surface area contributed by atoms with Crippen molar-refractivity contribution in [1.29, 1.82) is 0 Å². The Kier molecular flexibility index (Phi) is 4.64. The van der Waals surface area contributed by atoms with Crippen LogP contribution in [0.3, 0.4) is 0 Å². The Morgan fingerprint density at radius 3 is 2.39 bits per heavy atom. The summed E-state index contributed by atoms with van der Waals surface area (Å²) in [4.78, 5) is 23.6. The summed E-state index contributed by atoms with van der Waals surface area (Å²) in [5, 5.41) is 5.88. The van der Waals surface area contributed by atoms with Gasteiger partial charge in [-0.3, -0.25) is 0 Å². The first kappa shape index (κ1) is 17.9. The lowest BCUT2D eigenvalue weighted by atomic mass is 10.2. The van der Waals surface area contributed by atoms with Gasteiger partial charge in [0.15, 0.2) is 0 Å². The number of anilines is 2. The summed E-state index contributed by atoms with van der Waals surface area (Å²) in [6.45, 7) is 1.47. The lowest BCUT2D eigenvalue weighted by Gasteiger charge is -2.28.